The first-order chi connectivity index (χ1) is 8.49. The molecule has 2 rings (SSSR count). The summed E-state index contributed by atoms with van der Waals surface area (Å²) in [5.41, 5.74) is 12.7. The van der Waals surface area contributed by atoms with Crippen molar-refractivity contribution in [1.29, 1.82) is 0 Å². The van der Waals surface area contributed by atoms with Crippen molar-refractivity contribution >= 4 is 40.5 Å². The van der Waals surface area contributed by atoms with Crippen molar-refractivity contribution in [2.75, 3.05) is 23.7 Å². The van der Waals surface area contributed by atoms with Gasteiger partial charge in [0, 0.05) is 13.1 Å². The molecule has 98 valence electrons. The Hall–Kier alpha value is -1.13. The summed E-state index contributed by atoms with van der Waals surface area (Å²) >= 11 is 11.9. The van der Waals surface area contributed by atoms with Crippen LogP contribution in [-0.4, -0.2) is 19.0 Å². The maximum Gasteiger partial charge on any atom is 0.222 e. The fourth-order valence-corrected chi connectivity index (χ4v) is 2.58. The van der Waals surface area contributed by atoms with Crippen LogP contribution in [0.5, 0.6) is 0 Å². The molecule has 1 heterocycles. The molecule has 1 aliphatic heterocycles. The number of carbonyl (C=O) groups excluding carboxylic acids is 1. The van der Waals surface area contributed by atoms with Gasteiger partial charge in [-0.05, 0) is 25.0 Å². The molecule has 0 aliphatic carbocycles. The molecular formula is C12H15Cl2N3O. The molecule has 1 amide bonds. The molecule has 1 saturated heterocycles. The van der Waals surface area contributed by atoms with Crippen LogP contribution < -0.4 is 16.4 Å². The number of hydrogen-bond acceptors (Lipinski definition) is 3. The lowest BCUT2D eigenvalue weighted by atomic mass is 9.97. The van der Waals surface area contributed by atoms with E-state index in [2.05, 4.69) is 0 Å². The number of anilines is 2. The topological polar surface area (TPSA) is 72.4 Å². The predicted molar refractivity (Wildman–Crippen MR) is 75.0 cm³/mol. The summed E-state index contributed by atoms with van der Waals surface area (Å²) in [6.07, 6.45) is 1.74. The average molecular weight is 288 g/mol. The van der Waals surface area contributed by atoms with E-state index in [1.54, 1.807) is 12.1 Å². The third-order valence-corrected chi connectivity index (χ3v) is 3.96. The zero-order valence-corrected chi connectivity index (χ0v) is 11.3. The van der Waals surface area contributed by atoms with E-state index in [4.69, 9.17) is 34.7 Å². The number of nitrogens with zero attached hydrogens (tertiary/aromatic N) is 1. The van der Waals surface area contributed by atoms with Crippen molar-refractivity contribution in [2.24, 2.45) is 11.7 Å². The highest BCUT2D eigenvalue weighted by molar-refractivity contribution is 6.42. The number of nitrogens with two attached hydrogens (primary N) is 2. The Kier molecular flexibility index (Phi) is 3.88. The van der Waals surface area contributed by atoms with Gasteiger partial charge in [-0.25, -0.2) is 0 Å². The lowest BCUT2D eigenvalue weighted by molar-refractivity contribution is -0.122. The molecule has 0 spiro atoms. The Morgan fingerprint density at radius 1 is 1.33 bits per heavy atom. The van der Waals surface area contributed by atoms with Crippen LogP contribution in [0.1, 0.15) is 12.8 Å². The highest BCUT2D eigenvalue weighted by Gasteiger charge is 2.25. The number of nitrogen functional groups attached to an aromatic ring is 1. The molecule has 1 atom stereocenters. The van der Waals surface area contributed by atoms with Crippen LogP contribution in [0.4, 0.5) is 11.4 Å². The van der Waals surface area contributed by atoms with Crippen molar-refractivity contribution in [1.82, 2.24) is 0 Å². The lowest BCUT2D eigenvalue weighted by Gasteiger charge is -2.33. The van der Waals surface area contributed by atoms with Gasteiger partial charge in [-0.15, -0.1) is 0 Å². The predicted octanol–water partition coefficient (Wildman–Crippen LogP) is 2.28. The van der Waals surface area contributed by atoms with E-state index in [1.165, 1.54) is 0 Å². The summed E-state index contributed by atoms with van der Waals surface area (Å²) in [7, 11) is 0. The maximum absolute atomic E-state index is 11.3. The number of halogens is 2. The Morgan fingerprint density at radius 3 is 2.67 bits per heavy atom. The molecule has 1 unspecified atom stereocenters. The molecule has 1 aliphatic rings. The highest BCUT2D eigenvalue weighted by atomic mass is 35.5. The van der Waals surface area contributed by atoms with Crippen LogP contribution in [0.25, 0.3) is 0 Å². The Labute approximate surface area is 116 Å². The molecule has 4 N–H and O–H groups in total. The molecule has 1 aromatic rings. The van der Waals surface area contributed by atoms with E-state index in [0.717, 1.165) is 25.1 Å². The highest BCUT2D eigenvalue weighted by Crippen LogP contribution is 2.34. The molecule has 0 saturated carbocycles. The van der Waals surface area contributed by atoms with Crippen molar-refractivity contribution in [3.05, 3.63) is 22.2 Å². The molecule has 1 aromatic carbocycles. The van der Waals surface area contributed by atoms with E-state index in [9.17, 15) is 4.79 Å². The molecule has 4 nitrogen and oxygen atoms in total. The number of amides is 1. The summed E-state index contributed by atoms with van der Waals surface area (Å²) < 4.78 is 0. The lowest BCUT2D eigenvalue weighted by Crippen LogP contribution is -2.41. The fraction of sp³-hybridized carbons (Fsp3) is 0.417. The molecule has 6 heteroatoms. The van der Waals surface area contributed by atoms with Gasteiger partial charge in [0.25, 0.3) is 0 Å². The summed E-state index contributed by atoms with van der Waals surface area (Å²) in [5.74, 6) is -0.397. The second-order valence-electron chi connectivity index (χ2n) is 4.51. The smallest absolute Gasteiger partial charge is 0.222 e. The third-order valence-electron chi connectivity index (χ3n) is 3.23. The summed E-state index contributed by atoms with van der Waals surface area (Å²) in [5, 5.41) is 0.892. The van der Waals surface area contributed by atoms with Crippen LogP contribution in [0, 0.1) is 5.92 Å². The summed E-state index contributed by atoms with van der Waals surface area (Å²) in [6, 6.07) is 3.37. The molecule has 0 bridgehead atoms. The second kappa shape index (κ2) is 5.24. The Balaban J connectivity index is 2.26. The number of rotatable bonds is 2. The SMILES string of the molecule is NC(=O)C1CCCN(c2cc(Cl)c(Cl)cc2N)C1. The second-order valence-corrected chi connectivity index (χ2v) is 5.33. The van der Waals surface area contributed by atoms with E-state index in [-0.39, 0.29) is 11.8 Å². The molecular weight excluding hydrogens is 273 g/mol. The van der Waals surface area contributed by atoms with Crippen LogP contribution in [0.2, 0.25) is 10.0 Å². The summed E-state index contributed by atoms with van der Waals surface area (Å²) in [4.78, 5) is 13.3. The van der Waals surface area contributed by atoms with E-state index in [0.29, 0.717) is 22.3 Å². The fourth-order valence-electron chi connectivity index (χ4n) is 2.25. The number of carbonyl (C=O) groups is 1. The Bertz CT molecular complexity index is 479. The largest absolute Gasteiger partial charge is 0.397 e. The van der Waals surface area contributed by atoms with Gasteiger partial charge in [0.2, 0.25) is 5.91 Å². The average Bonchev–Trinajstić information content (AvgIpc) is 2.34. The van der Waals surface area contributed by atoms with Gasteiger partial charge in [-0.2, -0.15) is 0 Å². The van der Waals surface area contributed by atoms with Gasteiger partial charge in [0.15, 0.2) is 0 Å². The molecule has 18 heavy (non-hydrogen) atoms. The first-order valence-corrected chi connectivity index (χ1v) is 6.53. The number of primary amides is 1. The van der Waals surface area contributed by atoms with Crippen LogP contribution in [0.3, 0.4) is 0 Å². The first kappa shape index (κ1) is 13.3. The molecule has 0 radical (unpaired) electrons. The van der Waals surface area contributed by atoms with E-state index < -0.39 is 0 Å². The van der Waals surface area contributed by atoms with Crippen LogP contribution in [-0.2, 0) is 4.79 Å². The standard InChI is InChI=1S/C12H15Cl2N3O/c13-8-4-10(15)11(5-9(8)14)17-3-1-2-7(6-17)12(16)18/h4-5,7H,1-3,6,15H2,(H2,16,18). The van der Waals surface area contributed by atoms with Crippen LogP contribution in [0.15, 0.2) is 12.1 Å². The van der Waals surface area contributed by atoms with Gasteiger partial charge >= 0.3 is 0 Å². The van der Waals surface area contributed by atoms with Gasteiger partial charge in [0.1, 0.15) is 0 Å². The van der Waals surface area contributed by atoms with E-state index in [1.807, 2.05) is 4.90 Å². The van der Waals surface area contributed by atoms with Gasteiger partial charge < -0.3 is 16.4 Å². The number of piperidine rings is 1. The maximum atomic E-state index is 11.3. The number of benzene rings is 1. The van der Waals surface area contributed by atoms with Crippen molar-refractivity contribution in [3.63, 3.8) is 0 Å². The first-order valence-electron chi connectivity index (χ1n) is 5.78. The van der Waals surface area contributed by atoms with Crippen molar-refractivity contribution < 1.29 is 4.79 Å². The minimum Gasteiger partial charge on any atom is -0.397 e. The normalized spacial score (nSPS) is 19.9. The third kappa shape index (κ3) is 2.65. The molecule has 0 aromatic heterocycles. The zero-order chi connectivity index (χ0) is 13.3. The minimum atomic E-state index is -0.265. The van der Waals surface area contributed by atoms with Crippen LogP contribution >= 0.6 is 23.2 Å². The van der Waals surface area contributed by atoms with E-state index >= 15 is 0 Å². The van der Waals surface area contributed by atoms with Gasteiger partial charge in [0.05, 0.1) is 27.3 Å². The molecule has 1 fully saturated rings. The van der Waals surface area contributed by atoms with Gasteiger partial charge in [-0.1, -0.05) is 23.2 Å². The number of hydrogen-bond donors (Lipinski definition) is 2. The Morgan fingerprint density at radius 2 is 2.00 bits per heavy atom. The minimum absolute atomic E-state index is 0.132. The quantitative estimate of drug-likeness (QED) is 0.820. The monoisotopic (exact) mass is 287 g/mol. The van der Waals surface area contributed by atoms with Crippen molar-refractivity contribution in [3.8, 4) is 0 Å². The summed E-state index contributed by atoms with van der Waals surface area (Å²) in [6.45, 7) is 1.42. The zero-order valence-electron chi connectivity index (χ0n) is 9.83. The van der Waals surface area contributed by atoms with Crippen molar-refractivity contribution in [2.45, 2.75) is 12.8 Å². The van der Waals surface area contributed by atoms with Gasteiger partial charge in [-0.3, -0.25) is 4.79 Å².